The number of amides is 1. The van der Waals surface area contributed by atoms with Crippen molar-refractivity contribution < 1.29 is 18.7 Å². The van der Waals surface area contributed by atoms with Gasteiger partial charge in [0.1, 0.15) is 0 Å². The molecule has 144 valence electrons. The summed E-state index contributed by atoms with van der Waals surface area (Å²) in [5.41, 5.74) is 3.45. The summed E-state index contributed by atoms with van der Waals surface area (Å²) in [6.45, 7) is 11.9. The van der Waals surface area contributed by atoms with E-state index in [9.17, 15) is 9.59 Å². The summed E-state index contributed by atoms with van der Waals surface area (Å²) in [5.74, 6) is -0.551. The zero-order chi connectivity index (χ0) is 20.0. The molecule has 2 heterocycles. The standard InChI is InChI=1S/C21H26N2O4/c1-12-10-21(5,6)23-17-16(12)14(9-13-7-8-26-18(13)17)22-19(25)27-15(24)11-20(2,3)4/h7-10,23H,11H2,1-6H3,(H,22,25). The third-order valence-corrected chi connectivity index (χ3v) is 4.28. The quantitative estimate of drug-likeness (QED) is 0.535. The first-order chi connectivity index (χ1) is 12.5. The maximum Gasteiger partial charge on any atom is 0.419 e. The molecule has 0 spiro atoms. The number of carbonyl (C=O) groups is 2. The molecular weight excluding hydrogens is 344 g/mol. The maximum absolute atomic E-state index is 12.3. The lowest BCUT2D eigenvalue weighted by molar-refractivity contribution is -0.138. The Labute approximate surface area is 158 Å². The lowest BCUT2D eigenvalue weighted by Crippen LogP contribution is -2.32. The molecule has 0 bridgehead atoms. The van der Waals surface area contributed by atoms with Gasteiger partial charge in [0.25, 0.3) is 0 Å². The van der Waals surface area contributed by atoms with Crippen molar-refractivity contribution in [2.75, 3.05) is 10.6 Å². The Hall–Kier alpha value is -2.76. The van der Waals surface area contributed by atoms with Crippen LogP contribution in [0.25, 0.3) is 16.5 Å². The van der Waals surface area contributed by atoms with Gasteiger partial charge < -0.3 is 14.5 Å². The minimum absolute atomic E-state index is 0.161. The molecule has 2 aromatic rings. The fourth-order valence-corrected chi connectivity index (χ4v) is 3.42. The number of rotatable bonds is 2. The number of hydrogen-bond acceptors (Lipinski definition) is 5. The van der Waals surface area contributed by atoms with E-state index in [-0.39, 0.29) is 17.4 Å². The molecule has 27 heavy (non-hydrogen) atoms. The van der Waals surface area contributed by atoms with E-state index >= 15 is 0 Å². The van der Waals surface area contributed by atoms with Crippen LogP contribution in [-0.2, 0) is 9.53 Å². The summed E-state index contributed by atoms with van der Waals surface area (Å²) in [5, 5.41) is 7.02. The monoisotopic (exact) mass is 370 g/mol. The van der Waals surface area contributed by atoms with Crippen LogP contribution in [0.3, 0.4) is 0 Å². The molecule has 0 fully saturated rings. The van der Waals surface area contributed by atoms with Crippen LogP contribution in [0, 0.1) is 5.41 Å². The Bertz CT molecular complexity index is 945. The van der Waals surface area contributed by atoms with E-state index in [4.69, 9.17) is 9.15 Å². The predicted molar refractivity (Wildman–Crippen MR) is 107 cm³/mol. The number of furan rings is 1. The van der Waals surface area contributed by atoms with E-state index in [1.165, 1.54) is 0 Å². The van der Waals surface area contributed by atoms with Crippen molar-refractivity contribution in [2.45, 2.75) is 53.5 Å². The summed E-state index contributed by atoms with van der Waals surface area (Å²) >= 11 is 0. The average molecular weight is 370 g/mol. The molecule has 0 atom stereocenters. The van der Waals surface area contributed by atoms with Gasteiger partial charge in [-0.1, -0.05) is 26.8 Å². The van der Waals surface area contributed by atoms with Crippen LogP contribution in [0.5, 0.6) is 0 Å². The molecule has 3 rings (SSSR count). The highest BCUT2D eigenvalue weighted by molar-refractivity contribution is 6.06. The van der Waals surface area contributed by atoms with Crippen molar-refractivity contribution in [3.63, 3.8) is 0 Å². The smallest absolute Gasteiger partial charge is 0.419 e. The zero-order valence-electron chi connectivity index (χ0n) is 16.6. The van der Waals surface area contributed by atoms with Crippen molar-refractivity contribution in [3.05, 3.63) is 30.0 Å². The predicted octanol–water partition coefficient (Wildman–Crippen LogP) is 5.55. The van der Waals surface area contributed by atoms with Gasteiger partial charge in [0.15, 0.2) is 5.58 Å². The average Bonchev–Trinajstić information content (AvgIpc) is 2.91. The Kier molecular flexibility index (Phi) is 4.54. The van der Waals surface area contributed by atoms with Crippen molar-refractivity contribution >= 4 is 40.0 Å². The van der Waals surface area contributed by atoms with Gasteiger partial charge in [0.2, 0.25) is 0 Å². The fraction of sp³-hybridized carbons (Fsp3) is 0.429. The number of nitrogens with one attached hydrogen (secondary N) is 2. The van der Waals surface area contributed by atoms with E-state index in [1.807, 2.05) is 39.8 Å². The lowest BCUT2D eigenvalue weighted by Gasteiger charge is -2.32. The lowest BCUT2D eigenvalue weighted by atomic mass is 9.89. The number of ether oxygens (including phenoxy) is 1. The molecule has 1 aromatic heterocycles. The van der Waals surface area contributed by atoms with Crippen molar-refractivity contribution in [1.82, 2.24) is 0 Å². The summed E-state index contributed by atoms with van der Waals surface area (Å²) < 4.78 is 10.6. The normalized spacial score (nSPS) is 15.6. The Balaban J connectivity index is 1.93. The van der Waals surface area contributed by atoms with Crippen molar-refractivity contribution in [2.24, 2.45) is 5.41 Å². The summed E-state index contributed by atoms with van der Waals surface area (Å²) in [6, 6.07) is 3.66. The van der Waals surface area contributed by atoms with Gasteiger partial charge in [-0.2, -0.15) is 0 Å². The summed E-state index contributed by atoms with van der Waals surface area (Å²) in [4.78, 5) is 24.2. The number of benzene rings is 1. The molecular formula is C21H26N2O4. The highest BCUT2D eigenvalue weighted by Gasteiger charge is 2.29. The minimum atomic E-state index is -0.785. The van der Waals surface area contributed by atoms with Crippen LogP contribution in [0.15, 0.2) is 28.9 Å². The highest BCUT2D eigenvalue weighted by atomic mass is 16.6. The van der Waals surface area contributed by atoms with Gasteiger partial charge in [0.05, 0.1) is 29.6 Å². The number of esters is 1. The number of carbonyl (C=O) groups excluding carboxylic acids is 2. The Morgan fingerprint density at radius 3 is 2.67 bits per heavy atom. The number of fused-ring (bicyclic) bond motifs is 3. The second-order valence-electron chi connectivity index (χ2n) is 8.81. The number of anilines is 2. The molecule has 1 aliphatic rings. The molecule has 0 saturated carbocycles. The van der Waals surface area contributed by atoms with Crippen LogP contribution < -0.4 is 10.6 Å². The molecule has 1 aromatic carbocycles. The van der Waals surface area contributed by atoms with E-state index in [0.717, 1.165) is 27.8 Å². The zero-order valence-corrected chi connectivity index (χ0v) is 16.6. The van der Waals surface area contributed by atoms with Gasteiger partial charge in [-0.05, 0) is 43.9 Å². The van der Waals surface area contributed by atoms with Gasteiger partial charge in [-0.3, -0.25) is 10.1 Å². The first-order valence-electron chi connectivity index (χ1n) is 8.99. The molecule has 0 unspecified atom stereocenters. The van der Waals surface area contributed by atoms with E-state index in [1.54, 1.807) is 6.26 Å². The second-order valence-corrected chi connectivity index (χ2v) is 8.81. The summed E-state index contributed by atoms with van der Waals surface area (Å²) in [6.07, 6.45) is 3.08. The topological polar surface area (TPSA) is 80.6 Å². The number of hydrogen-bond donors (Lipinski definition) is 2. The van der Waals surface area contributed by atoms with E-state index in [2.05, 4.69) is 30.6 Å². The van der Waals surface area contributed by atoms with E-state index < -0.39 is 12.1 Å². The van der Waals surface area contributed by atoms with Crippen LogP contribution >= 0.6 is 0 Å². The maximum atomic E-state index is 12.3. The van der Waals surface area contributed by atoms with Crippen LogP contribution in [-0.4, -0.2) is 17.6 Å². The number of allylic oxidation sites excluding steroid dienone is 1. The Morgan fingerprint density at radius 1 is 1.30 bits per heavy atom. The fourth-order valence-electron chi connectivity index (χ4n) is 3.42. The van der Waals surface area contributed by atoms with E-state index in [0.29, 0.717) is 5.69 Å². The van der Waals surface area contributed by atoms with Gasteiger partial charge >= 0.3 is 12.1 Å². The van der Waals surface area contributed by atoms with Gasteiger partial charge in [-0.25, -0.2) is 4.79 Å². The second kappa shape index (κ2) is 6.44. The van der Waals surface area contributed by atoms with Gasteiger partial charge in [-0.15, -0.1) is 0 Å². The highest BCUT2D eigenvalue weighted by Crippen LogP contribution is 2.43. The molecule has 1 amide bonds. The first kappa shape index (κ1) is 19.0. The van der Waals surface area contributed by atoms with Crippen LogP contribution in [0.4, 0.5) is 16.2 Å². The van der Waals surface area contributed by atoms with Crippen molar-refractivity contribution in [3.8, 4) is 0 Å². The molecule has 6 nitrogen and oxygen atoms in total. The SMILES string of the molecule is CC1=CC(C)(C)Nc2c1c(NC(=O)OC(=O)CC(C)(C)C)cc1ccoc21. The third-order valence-electron chi connectivity index (χ3n) is 4.28. The molecule has 0 aliphatic carbocycles. The minimum Gasteiger partial charge on any atom is -0.462 e. The largest absolute Gasteiger partial charge is 0.462 e. The molecule has 6 heteroatoms. The molecule has 0 radical (unpaired) electrons. The Morgan fingerprint density at radius 2 is 2.00 bits per heavy atom. The van der Waals surface area contributed by atoms with Crippen molar-refractivity contribution in [1.29, 1.82) is 0 Å². The molecule has 0 saturated heterocycles. The van der Waals surface area contributed by atoms with Gasteiger partial charge in [0, 0.05) is 10.9 Å². The summed E-state index contributed by atoms with van der Waals surface area (Å²) in [7, 11) is 0. The first-order valence-corrected chi connectivity index (χ1v) is 8.99. The molecule has 1 aliphatic heterocycles. The van der Waals surface area contributed by atoms with Crippen LogP contribution in [0.2, 0.25) is 0 Å². The molecule has 2 N–H and O–H groups in total. The third kappa shape index (κ3) is 4.15. The van der Waals surface area contributed by atoms with Crippen LogP contribution in [0.1, 0.15) is 53.5 Å².